The molecule has 5 rings (SSSR count). The van der Waals surface area contributed by atoms with Crippen molar-refractivity contribution in [1.82, 2.24) is 4.40 Å². The zero-order valence-electron chi connectivity index (χ0n) is 24.2. The average Bonchev–Trinajstić information content (AvgIpc) is 3.44. The Hall–Kier alpha value is -3.41. The molecule has 0 spiro atoms. The first-order valence-corrected chi connectivity index (χ1v) is 16.7. The maximum atomic E-state index is 12.7. The molecule has 1 unspecified atom stereocenters. The predicted molar refractivity (Wildman–Crippen MR) is 164 cm³/mol. The minimum absolute atomic E-state index is 0.0331. The highest BCUT2D eigenvalue weighted by Crippen LogP contribution is 2.45. The van der Waals surface area contributed by atoms with Crippen molar-refractivity contribution in [3.63, 3.8) is 0 Å². The third-order valence-corrected chi connectivity index (χ3v) is 8.22. The molecule has 0 saturated heterocycles. The van der Waals surface area contributed by atoms with Crippen LogP contribution in [0.5, 0.6) is 5.75 Å². The van der Waals surface area contributed by atoms with Crippen LogP contribution >= 0.6 is 0 Å². The summed E-state index contributed by atoms with van der Waals surface area (Å²) in [5.74, 6) is 0.921. The van der Waals surface area contributed by atoms with Crippen LogP contribution in [0.2, 0.25) is 13.1 Å². The lowest BCUT2D eigenvalue weighted by Gasteiger charge is -2.34. The molecule has 0 radical (unpaired) electrons. The van der Waals surface area contributed by atoms with E-state index < -0.39 is 9.04 Å². The average molecular weight is 538 g/mol. The number of carbonyl (C=O) groups is 1. The summed E-state index contributed by atoms with van der Waals surface area (Å²) in [5, 5.41) is 0. The van der Waals surface area contributed by atoms with Gasteiger partial charge in [-0.2, -0.15) is 0 Å². The Morgan fingerprint density at radius 1 is 0.949 bits per heavy atom. The summed E-state index contributed by atoms with van der Waals surface area (Å²) in [6.45, 7) is 15.6. The van der Waals surface area contributed by atoms with Crippen LogP contribution in [-0.2, 0) is 17.5 Å². The summed E-state index contributed by atoms with van der Waals surface area (Å²) in [7, 11) is -1.32. The molecule has 2 aromatic carbocycles. The highest BCUT2D eigenvalue weighted by molar-refractivity contribution is 6.48. The molecule has 3 aromatic heterocycles. The van der Waals surface area contributed by atoms with Crippen molar-refractivity contribution in [2.45, 2.75) is 66.8 Å². The number of ketones is 1. The lowest BCUT2D eigenvalue weighted by molar-refractivity contribution is 0.0876. The SMILES string of the molecule is CCc1c(-c2ccc(OCc3ccccc3)cc2)c2cc(C(C)=O)c3ccc(C(O[SiH](C)C)C(C)(C)C)c1n32. The fourth-order valence-electron chi connectivity index (χ4n) is 5.71. The van der Waals surface area contributed by atoms with Gasteiger partial charge in [-0.15, -0.1) is 0 Å². The molecule has 4 nitrogen and oxygen atoms in total. The summed E-state index contributed by atoms with van der Waals surface area (Å²) in [6.07, 6.45) is 0.843. The number of aromatic nitrogens is 1. The van der Waals surface area contributed by atoms with Gasteiger partial charge >= 0.3 is 0 Å². The van der Waals surface area contributed by atoms with E-state index in [4.69, 9.17) is 9.16 Å². The maximum Gasteiger partial charge on any atom is 0.171 e. The van der Waals surface area contributed by atoms with E-state index in [1.807, 2.05) is 30.3 Å². The van der Waals surface area contributed by atoms with Gasteiger partial charge in [0.15, 0.2) is 14.8 Å². The molecular weight excluding hydrogens is 498 g/mol. The third kappa shape index (κ3) is 5.13. The van der Waals surface area contributed by atoms with Crippen LogP contribution in [0.15, 0.2) is 72.8 Å². The van der Waals surface area contributed by atoms with Crippen LogP contribution in [0.25, 0.3) is 27.7 Å². The number of pyridine rings is 1. The predicted octanol–water partition coefficient (Wildman–Crippen LogP) is 8.63. The second-order valence-electron chi connectivity index (χ2n) is 11.8. The van der Waals surface area contributed by atoms with E-state index in [9.17, 15) is 4.79 Å². The molecule has 0 amide bonds. The van der Waals surface area contributed by atoms with Crippen LogP contribution in [0, 0.1) is 5.41 Å². The van der Waals surface area contributed by atoms with Gasteiger partial charge in [0, 0.05) is 16.7 Å². The van der Waals surface area contributed by atoms with Crippen molar-refractivity contribution in [3.8, 4) is 16.9 Å². The number of rotatable bonds is 9. The molecule has 0 bridgehead atoms. The van der Waals surface area contributed by atoms with Gasteiger partial charge in [0.05, 0.1) is 22.7 Å². The Bertz CT molecular complexity index is 1590. The molecule has 0 aliphatic carbocycles. The molecule has 0 saturated carbocycles. The van der Waals surface area contributed by atoms with Gasteiger partial charge in [0.1, 0.15) is 12.4 Å². The minimum Gasteiger partial charge on any atom is -0.489 e. The van der Waals surface area contributed by atoms with E-state index in [0.29, 0.717) is 6.61 Å². The molecule has 5 heteroatoms. The molecule has 202 valence electrons. The van der Waals surface area contributed by atoms with Gasteiger partial charge < -0.3 is 13.6 Å². The lowest BCUT2D eigenvalue weighted by Crippen LogP contribution is -2.26. The van der Waals surface area contributed by atoms with Crippen molar-refractivity contribution in [1.29, 1.82) is 0 Å². The summed E-state index contributed by atoms with van der Waals surface area (Å²) in [4.78, 5) is 12.7. The molecule has 0 aliphatic heterocycles. The van der Waals surface area contributed by atoms with Gasteiger partial charge in [0.2, 0.25) is 0 Å². The Morgan fingerprint density at radius 2 is 1.64 bits per heavy atom. The van der Waals surface area contributed by atoms with Crippen molar-refractivity contribution in [3.05, 3.63) is 95.1 Å². The summed E-state index contributed by atoms with van der Waals surface area (Å²) in [5.41, 5.74) is 9.88. The Kier molecular flexibility index (Phi) is 7.40. The first kappa shape index (κ1) is 27.2. The first-order valence-electron chi connectivity index (χ1n) is 14.0. The molecule has 39 heavy (non-hydrogen) atoms. The van der Waals surface area contributed by atoms with Gasteiger partial charge in [-0.1, -0.05) is 76.2 Å². The van der Waals surface area contributed by atoms with Crippen LogP contribution < -0.4 is 4.74 Å². The number of Topliss-reactive ketones (excluding diaryl/α,β-unsaturated/α-hetero) is 1. The molecule has 0 N–H and O–H groups in total. The fourth-order valence-corrected chi connectivity index (χ4v) is 6.81. The number of hydrogen-bond acceptors (Lipinski definition) is 3. The van der Waals surface area contributed by atoms with E-state index in [-0.39, 0.29) is 17.3 Å². The van der Waals surface area contributed by atoms with Gasteiger partial charge in [-0.25, -0.2) is 0 Å². The number of ether oxygens (including phenoxy) is 1. The van der Waals surface area contributed by atoms with E-state index in [1.54, 1.807) is 6.92 Å². The monoisotopic (exact) mass is 537 g/mol. The fraction of sp³-hybridized carbons (Fsp3) is 0.324. The molecule has 0 aliphatic rings. The topological polar surface area (TPSA) is 39.9 Å². The Labute approximate surface area is 233 Å². The van der Waals surface area contributed by atoms with E-state index in [1.165, 1.54) is 22.2 Å². The molecule has 5 aromatic rings. The van der Waals surface area contributed by atoms with Gasteiger partial charge in [0.25, 0.3) is 0 Å². The smallest absolute Gasteiger partial charge is 0.171 e. The number of benzene rings is 2. The molecule has 3 heterocycles. The van der Waals surface area contributed by atoms with Crippen LogP contribution in [-0.4, -0.2) is 19.2 Å². The third-order valence-electron chi connectivity index (χ3n) is 7.40. The van der Waals surface area contributed by atoms with Crippen molar-refractivity contribution in [2.75, 3.05) is 0 Å². The summed E-state index contributed by atoms with van der Waals surface area (Å²) < 4.78 is 15.1. The van der Waals surface area contributed by atoms with Crippen LogP contribution in [0.4, 0.5) is 0 Å². The zero-order chi connectivity index (χ0) is 27.9. The second-order valence-corrected chi connectivity index (χ2v) is 14.2. The highest BCUT2D eigenvalue weighted by atomic mass is 28.3. The van der Waals surface area contributed by atoms with E-state index in [0.717, 1.165) is 39.9 Å². The maximum absolute atomic E-state index is 12.7. The zero-order valence-corrected chi connectivity index (χ0v) is 25.3. The summed E-state index contributed by atoms with van der Waals surface area (Å²) in [6, 6.07) is 25.0. The number of aryl methyl sites for hydroxylation is 1. The molecule has 0 fully saturated rings. The summed E-state index contributed by atoms with van der Waals surface area (Å²) >= 11 is 0. The van der Waals surface area contributed by atoms with E-state index >= 15 is 0 Å². The van der Waals surface area contributed by atoms with Crippen molar-refractivity contribution in [2.24, 2.45) is 5.41 Å². The minimum atomic E-state index is -1.32. The lowest BCUT2D eigenvalue weighted by atomic mass is 9.83. The van der Waals surface area contributed by atoms with Crippen molar-refractivity contribution < 1.29 is 14.0 Å². The van der Waals surface area contributed by atoms with Gasteiger partial charge in [-0.3, -0.25) is 4.79 Å². The molecular formula is C34H39NO3Si. The normalized spacial score (nSPS) is 13.0. The van der Waals surface area contributed by atoms with Gasteiger partial charge in [-0.05, 0) is 72.8 Å². The standard InChI is InChI=1S/C34H39NO3Si/c1-8-26-31(24-14-16-25(17-15-24)37-21-23-12-10-9-11-13-23)30-20-28(22(2)36)29-19-18-27(32(26)35(29)30)33(34(3,4)5)38-39(6)7/h9-20,33,39H,8,21H2,1-7H3. The largest absolute Gasteiger partial charge is 0.489 e. The molecule has 1 atom stereocenters. The first-order chi connectivity index (χ1) is 18.6. The van der Waals surface area contributed by atoms with Crippen LogP contribution in [0.1, 0.15) is 67.8 Å². The number of nitrogens with zero attached hydrogens (tertiary/aromatic N) is 1. The Morgan fingerprint density at radius 3 is 2.23 bits per heavy atom. The van der Waals surface area contributed by atoms with Crippen LogP contribution in [0.3, 0.4) is 0 Å². The quantitative estimate of drug-likeness (QED) is 0.140. The number of hydrogen-bond donors (Lipinski definition) is 0. The number of carbonyl (C=O) groups excluding carboxylic acids is 1. The van der Waals surface area contributed by atoms with Crippen molar-refractivity contribution >= 4 is 31.4 Å². The second kappa shape index (κ2) is 10.6. The van der Waals surface area contributed by atoms with E-state index in [2.05, 4.69) is 87.7 Å². The highest BCUT2D eigenvalue weighted by Gasteiger charge is 2.33. The Balaban J connectivity index is 1.67.